The molecule has 72 valence electrons. The molecule has 1 aliphatic rings. The van der Waals surface area contributed by atoms with Gasteiger partial charge in [-0.2, -0.15) is 0 Å². The van der Waals surface area contributed by atoms with Crippen LogP contribution in [0, 0.1) is 0 Å². The predicted octanol–water partition coefficient (Wildman–Crippen LogP) is 2.24. The van der Waals surface area contributed by atoms with Crippen LogP contribution in [0.15, 0.2) is 29.8 Å². The zero-order valence-electron chi connectivity index (χ0n) is 7.59. The normalized spacial score (nSPS) is 18.6. The smallest absolute Gasteiger partial charge is 0.247 e. The van der Waals surface area contributed by atoms with E-state index in [-0.39, 0.29) is 5.91 Å². The van der Waals surface area contributed by atoms with E-state index in [1.54, 1.807) is 0 Å². The van der Waals surface area contributed by atoms with Crippen LogP contribution < -0.4 is 5.32 Å². The number of carbonyl (C=O) groups is 1. The van der Waals surface area contributed by atoms with Gasteiger partial charge in [0.1, 0.15) is 0 Å². The first kappa shape index (κ1) is 9.28. The summed E-state index contributed by atoms with van der Waals surface area (Å²) < 4.78 is 0. The second-order valence-electron chi connectivity index (χ2n) is 3.23. The summed E-state index contributed by atoms with van der Waals surface area (Å²) in [5.41, 5.74) is 1.80. The van der Waals surface area contributed by atoms with Crippen LogP contribution in [0.5, 0.6) is 0 Å². The molecule has 1 N–H and O–H groups in total. The van der Waals surface area contributed by atoms with Crippen LogP contribution >= 0.6 is 11.6 Å². The SMILES string of the molecule is O=C1NCC/C1=C\c1cccc(Cl)c1. The lowest BCUT2D eigenvalue weighted by Crippen LogP contribution is -2.13. The Hall–Kier alpha value is -1.28. The zero-order valence-corrected chi connectivity index (χ0v) is 8.34. The van der Waals surface area contributed by atoms with Gasteiger partial charge in [0.2, 0.25) is 5.91 Å². The highest BCUT2D eigenvalue weighted by Crippen LogP contribution is 2.16. The van der Waals surface area contributed by atoms with E-state index in [1.165, 1.54) is 0 Å². The third-order valence-electron chi connectivity index (χ3n) is 2.16. The van der Waals surface area contributed by atoms with E-state index in [0.717, 1.165) is 24.1 Å². The fourth-order valence-electron chi connectivity index (χ4n) is 1.47. The number of amides is 1. The molecule has 14 heavy (non-hydrogen) atoms. The van der Waals surface area contributed by atoms with Crippen molar-refractivity contribution in [1.82, 2.24) is 5.32 Å². The second kappa shape index (κ2) is 3.84. The molecule has 0 spiro atoms. The Bertz CT molecular complexity index is 398. The van der Waals surface area contributed by atoms with Gasteiger partial charge in [0, 0.05) is 17.1 Å². The summed E-state index contributed by atoms with van der Waals surface area (Å²) in [6.45, 7) is 0.741. The number of halogens is 1. The Morgan fingerprint density at radius 1 is 1.43 bits per heavy atom. The first-order valence-electron chi connectivity index (χ1n) is 4.50. The van der Waals surface area contributed by atoms with Gasteiger partial charge in [-0.3, -0.25) is 4.79 Å². The molecule has 0 aliphatic carbocycles. The molecule has 0 saturated carbocycles. The highest BCUT2D eigenvalue weighted by Gasteiger charge is 2.15. The minimum atomic E-state index is 0.0324. The first-order valence-corrected chi connectivity index (χ1v) is 4.88. The van der Waals surface area contributed by atoms with Crippen molar-refractivity contribution in [3.63, 3.8) is 0 Å². The first-order chi connectivity index (χ1) is 6.75. The van der Waals surface area contributed by atoms with Crippen LogP contribution in [0.1, 0.15) is 12.0 Å². The molecule has 2 nitrogen and oxygen atoms in total. The molecule has 3 heteroatoms. The van der Waals surface area contributed by atoms with Crippen LogP contribution in [0.4, 0.5) is 0 Å². The lowest BCUT2D eigenvalue weighted by atomic mass is 10.1. The van der Waals surface area contributed by atoms with Crippen molar-refractivity contribution in [1.29, 1.82) is 0 Å². The third kappa shape index (κ3) is 1.96. The van der Waals surface area contributed by atoms with Gasteiger partial charge < -0.3 is 5.32 Å². The standard InChI is InChI=1S/C11H10ClNO/c12-10-3-1-2-8(7-10)6-9-4-5-13-11(9)14/h1-3,6-7H,4-5H2,(H,13,14)/b9-6+. The largest absolute Gasteiger partial charge is 0.352 e. The van der Waals surface area contributed by atoms with E-state index in [1.807, 2.05) is 30.3 Å². The monoisotopic (exact) mass is 207 g/mol. The average Bonchev–Trinajstić information content (AvgIpc) is 2.52. The second-order valence-corrected chi connectivity index (χ2v) is 3.67. The minimum Gasteiger partial charge on any atom is -0.352 e. The van der Waals surface area contributed by atoms with Crippen molar-refractivity contribution in [2.75, 3.05) is 6.54 Å². The summed E-state index contributed by atoms with van der Waals surface area (Å²) >= 11 is 5.84. The molecule has 0 unspecified atom stereocenters. The average molecular weight is 208 g/mol. The quantitative estimate of drug-likeness (QED) is 0.704. The lowest BCUT2D eigenvalue weighted by Gasteiger charge is -1.96. The van der Waals surface area contributed by atoms with Crippen LogP contribution in [0.25, 0.3) is 6.08 Å². The summed E-state index contributed by atoms with van der Waals surface area (Å²) in [6.07, 6.45) is 2.68. The van der Waals surface area contributed by atoms with Crippen molar-refractivity contribution in [3.05, 3.63) is 40.4 Å². The maximum Gasteiger partial charge on any atom is 0.247 e. The Balaban J connectivity index is 2.28. The molecule has 1 fully saturated rings. The fraction of sp³-hybridized carbons (Fsp3) is 0.182. The van der Waals surface area contributed by atoms with Crippen molar-refractivity contribution < 1.29 is 4.79 Å². The molecule has 1 heterocycles. The van der Waals surface area contributed by atoms with Gasteiger partial charge in [-0.05, 0) is 30.2 Å². The molecule has 0 aromatic heterocycles. The number of carbonyl (C=O) groups excluding carboxylic acids is 1. The number of hydrogen-bond acceptors (Lipinski definition) is 1. The Labute approximate surface area is 87.6 Å². The third-order valence-corrected chi connectivity index (χ3v) is 2.40. The molecule has 2 rings (SSSR count). The zero-order chi connectivity index (χ0) is 9.97. The van der Waals surface area contributed by atoms with E-state index in [2.05, 4.69) is 5.32 Å². The molecule has 0 atom stereocenters. The van der Waals surface area contributed by atoms with Crippen molar-refractivity contribution in [2.24, 2.45) is 0 Å². The molecule has 0 radical (unpaired) electrons. The molecular formula is C11H10ClNO. The van der Waals surface area contributed by atoms with E-state index in [4.69, 9.17) is 11.6 Å². The van der Waals surface area contributed by atoms with Gasteiger partial charge >= 0.3 is 0 Å². The highest BCUT2D eigenvalue weighted by molar-refractivity contribution is 6.30. The Kier molecular flexibility index (Phi) is 2.55. The topological polar surface area (TPSA) is 29.1 Å². The van der Waals surface area contributed by atoms with Gasteiger partial charge in [0.15, 0.2) is 0 Å². The molecular weight excluding hydrogens is 198 g/mol. The van der Waals surface area contributed by atoms with Gasteiger partial charge in [-0.1, -0.05) is 23.7 Å². The maximum absolute atomic E-state index is 11.3. The van der Waals surface area contributed by atoms with Gasteiger partial charge in [0.05, 0.1) is 0 Å². The van der Waals surface area contributed by atoms with Gasteiger partial charge in [0.25, 0.3) is 0 Å². The molecule has 1 aliphatic heterocycles. The van der Waals surface area contributed by atoms with Crippen LogP contribution in [-0.4, -0.2) is 12.5 Å². The number of hydrogen-bond donors (Lipinski definition) is 1. The molecule has 0 bridgehead atoms. The van der Waals surface area contributed by atoms with E-state index in [9.17, 15) is 4.79 Å². The van der Waals surface area contributed by atoms with Crippen molar-refractivity contribution in [2.45, 2.75) is 6.42 Å². The minimum absolute atomic E-state index is 0.0324. The molecule has 1 saturated heterocycles. The predicted molar refractivity (Wildman–Crippen MR) is 57.1 cm³/mol. The lowest BCUT2D eigenvalue weighted by molar-refractivity contribution is -0.116. The number of rotatable bonds is 1. The molecule has 1 amide bonds. The Morgan fingerprint density at radius 3 is 2.93 bits per heavy atom. The van der Waals surface area contributed by atoms with Crippen molar-refractivity contribution in [3.8, 4) is 0 Å². The summed E-state index contributed by atoms with van der Waals surface area (Å²) in [5.74, 6) is 0.0324. The van der Waals surface area contributed by atoms with Gasteiger partial charge in [-0.25, -0.2) is 0 Å². The van der Waals surface area contributed by atoms with Crippen LogP contribution in [-0.2, 0) is 4.79 Å². The summed E-state index contributed by atoms with van der Waals surface area (Å²) in [6, 6.07) is 7.48. The van der Waals surface area contributed by atoms with Crippen LogP contribution in [0.2, 0.25) is 5.02 Å². The van der Waals surface area contributed by atoms with Crippen LogP contribution in [0.3, 0.4) is 0 Å². The number of benzene rings is 1. The summed E-state index contributed by atoms with van der Waals surface area (Å²) in [7, 11) is 0. The maximum atomic E-state index is 11.3. The molecule has 1 aromatic carbocycles. The fourth-order valence-corrected chi connectivity index (χ4v) is 1.67. The van der Waals surface area contributed by atoms with E-state index in [0.29, 0.717) is 5.02 Å². The summed E-state index contributed by atoms with van der Waals surface area (Å²) in [5, 5.41) is 3.46. The summed E-state index contributed by atoms with van der Waals surface area (Å²) in [4.78, 5) is 11.3. The van der Waals surface area contributed by atoms with E-state index >= 15 is 0 Å². The number of nitrogens with one attached hydrogen (secondary N) is 1. The van der Waals surface area contributed by atoms with E-state index < -0.39 is 0 Å². The van der Waals surface area contributed by atoms with Crippen molar-refractivity contribution >= 4 is 23.6 Å². The van der Waals surface area contributed by atoms with Gasteiger partial charge in [-0.15, -0.1) is 0 Å². The Morgan fingerprint density at radius 2 is 2.29 bits per heavy atom. The highest BCUT2D eigenvalue weighted by atomic mass is 35.5. The molecule has 1 aromatic rings.